The summed E-state index contributed by atoms with van der Waals surface area (Å²) in [7, 11) is 3.30. The van der Waals surface area contributed by atoms with Crippen molar-refractivity contribution in [3.8, 4) is 11.5 Å². The molecule has 0 radical (unpaired) electrons. The molecule has 0 heterocycles. The Labute approximate surface area is 144 Å². The molecule has 0 aliphatic heterocycles. The lowest BCUT2D eigenvalue weighted by Gasteiger charge is -2.24. The number of nitrogens with zero attached hydrogens (tertiary/aromatic N) is 1. The van der Waals surface area contributed by atoms with Gasteiger partial charge in [-0.3, -0.25) is 0 Å². The van der Waals surface area contributed by atoms with Crippen molar-refractivity contribution in [3.63, 3.8) is 0 Å². The van der Waals surface area contributed by atoms with Crippen LogP contribution in [-0.4, -0.2) is 43.9 Å². The zero-order valence-corrected chi connectivity index (χ0v) is 15.0. The molecule has 0 bridgehead atoms. The van der Waals surface area contributed by atoms with E-state index in [4.69, 9.17) is 9.47 Å². The minimum absolute atomic E-state index is 0. The normalized spacial score (nSPS) is 12.1. The van der Waals surface area contributed by atoms with E-state index >= 15 is 0 Å². The lowest BCUT2D eigenvalue weighted by atomic mass is 9.98. The summed E-state index contributed by atoms with van der Waals surface area (Å²) >= 11 is 0. The number of halogens is 1. The van der Waals surface area contributed by atoms with Crippen LogP contribution in [0.25, 0.3) is 10.8 Å². The molecule has 128 valence electrons. The van der Waals surface area contributed by atoms with Gasteiger partial charge in [0.1, 0.15) is 11.5 Å². The highest BCUT2D eigenvalue weighted by molar-refractivity contribution is 5.96. The maximum Gasteiger partial charge on any atom is 0.127 e. The summed E-state index contributed by atoms with van der Waals surface area (Å²) in [6.07, 6.45) is -0.565. The molecule has 2 aromatic carbocycles. The van der Waals surface area contributed by atoms with Crippen LogP contribution in [0.2, 0.25) is 0 Å². The number of hydrogen-bond acceptors (Lipinski definition) is 4. The van der Waals surface area contributed by atoms with E-state index in [2.05, 4.69) is 18.7 Å². The summed E-state index contributed by atoms with van der Waals surface area (Å²) in [5.41, 5.74) is 0.875. The van der Waals surface area contributed by atoms with Crippen molar-refractivity contribution in [3.05, 3.63) is 35.9 Å². The largest absolute Gasteiger partial charge is 0.496 e. The molecule has 23 heavy (non-hydrogen) atoms. The fourth-order valence-corrected chi connectivity index (χ4v) is 2.82. The summed E-state index contributed by atoms with van der Waals surface area (Å²) in [6.45, 7) is 6.63. The van der Waals surface area contributed by atoms with Crippen LogP contribution in [-0.2, 0) is 0 Å². The van der Waals surface area contributed by atoms with Gasteiger partial charge in [0.15, 0.2) is 0 Å². The number of likely N-dealkylation sites (N-methyl/N-ethyl adjacent to an activating group) is 1. The molecule has 0 saturated heterocycles. The Morgan fingerprint density at radius 1 is 1.00 bits per heavy atom. The first-order valence-electron chi connectivity index (χ1n) is 7.70. The zero-order chi connectivity index (χ0) is 16.1. The monoisotopic (exact) mass is 339 g/mol. The number of hydrogen-bond donors (Lipinski definition) is 1. The average molecular weight is 340 g/mol. The Kier molecular flexibility index (Phi) is 7.62. The van der Waals surface area contributed by atoms with Gasteiger partial charge in [0, 0.05) is 17.3 Å². The first-order valence-corrected chi connectivity index (χ1v) is 7.70. The molecule has 0 aliphatic rings. The Morgan fingerprint density at radius 3 is 2.22 bits per heavy atom. The van der Waals surface area contributed by atoms with Gasteiger partial charge in [-0.1, -0.05) is 32.0 Å². The second kappa shape index (κ2) is 8.96. The minimum Gasteiger partial charge on any atom is -0.496 e. The average Bonchev–Trinajstić information content (AvgIpc) is 2.57. The molecule has 1 unspecified atom stereocenters. The van der Waals surface area contributed by atoms with Crippen molar-refractivity contribution in [2.24, 2.45) is 0 Å². The van der Waals surface area contributed by atoms with Crippen molar-refractivity contribution in [1.82, 2.24) is 4.90 Å². The topological polar surface area (TPSA) is 41.9 Å². The van der Waals surface area contributed by atoms with E-state index in [0.29, 0.717) is 6.54 Å². The molecule has 0 spiro atoms. The van der Waals surface area contributed by atoms with Crippen molar-refractivity contribution in [2.75, 3.05) is 33.9 Å². The number of rotatable bonds is 7. The van der Waals surface area contributed by atoms with Crippen molar-refractivity contribution < 1.29 is 14.6 Å². The van der Waals surface area contributed by atoms with E-state index in [9.17, 15) is 5.11 Å². The molecule has 2 rings (SSSR count). The minimum atomic E-state index is -0.565. The van der Waals surface area contributed by atoms with Crippen molar-refractivity contribution >= 4 is 23.2 Å². The van der Waals surface area contributed by atoms with Crippen LogP contribution in [0.15, 0.2) is 30.3 Å². The van der Waals surface area contributed by atoms with Gasteiger partial charge in [0.25, 0.3) is 0 Å². The van der Waals surface area contributed by atoms with Crippen LogP contribution < -0.4 is 9.47 Å². The van der Waals surface area contributed by atoms with Crippen molar-refractivity contribution in [2.45, 2.75) is 20.0 Å². The molecule has 0 saturated carbocycles. The molecule has 4 nitrogen and oxygen atoms in total. The molecule has 0 amide bonds. The molecule has 5 heteroatoms. The standard InChI is InChI=1S/C18H25NO3.ClH/c1-5-19(6-2)12-15(20)13-10-11-16(21-3)14-8-7-9-17(22-4)18(13)14;/h7-11,15,20H,5-6,12H2,1-4H3;1H. The molecule has 1 N–H and O–H groups in total. The summed E-state index contributed by atoms with van der Waals surface area (Å²) in [5.74, 6) is 1.54. The summed E-state index contributed by atoms with van der Waals surface area (Å²) in [4.78, 5) is 2.20. The maximum atomic E-state index is 10.7. The fraction of sp³-hybridized carbons (Fsp3) is 0.444. The molecule has 1 atom stereocenters. The highest BCUT2D eigenvalue weighted by atomic mass is 35.5. The Hall–Kier alpha value is -1.49. The van der Waals surface area contributed by atoms with E-state index in [0.717, 1.165) is 40.9 Å². The number of aliphatic hydroxyl groups excluding tert-OH is 1. The van der Waals surface area contributed by atoms with E-state index in [1.165, 1.54) is 0 Å². The highest BCUT2D eigenvalue weighted by Gasteiger charge is 2.18. The maximum absolute atomic E-state index is 10.7. The van der Waals surface area contributed by atoms with Crippen LogP contribution in [0.1, 0.15) is 25.5 Å². The predicted molar refractivity (Wildman–Crippen MR) is 97.0 cm³/mol. The van der Waals surface area contributed by atoms with Gasteiger partial charge in [-0.05, 0) is 30.8 Å². The van der Waals surface area contributed by atoms with E-state index in [-0.39, 0.29) is 12.4 Å². The van der Waals surface area contributed by atoms with Crippen LogP contribution >= 0.6 is 12.4 Å². The van der Waals surface area contributed by atoms with Gasteiger partial charge in [0.05, 0.1) is 20.3 Å². The number of aliphatic hydroxyl groups is 1. The number of fused-ring (bicyclic) bond motifs is 1. The smallest absolute Gasteiger partial charge is 0.127 e. The molecule has 0 fully saturated rings. The Morgan fingerprint density at radius 2 is 1.65 bits per heavy atom. The van der Waals surface area contributed by atoms with Gasteiger partial charge in [-0.2, -0.15) is 0 Å². The van der Waals surface area contributed by atoms with Gasteiger partial charge in [0.2, 0.25) is 0 Å². The molecular weight excluding hydrogens is 314 g/mol. The first kappa shape index (κ1) is 19.6. The van der Waals surface area contributed by atoms with Crippen LogP contribution in [0, 0.1) is 0 Å². The first-order chi connectivity index (χ1) is 10.7. The molecule has 0 aromatic heterocycles. The number of methoxy groups -OCH3 is 2. The third-order valence-electron chi connectivity index (χ3n) is 4.12. The quantitative estimate of drug-likeness (QED) is 0.836. The molecule has 2 aromatic rings. The van der Waals surface area contributed by atoms with Gasteiger partial charge >= 0.3 is 0 Å². The van der Waals surface area contributed by atoms with Crippen LogP contribution in [0.3, 0.4) is 0 Å². The summed E-state index contributed by atoms with van der Waals surface area (Å²) < 4.78 is 10.9. The predicted octanol–water partition coefficient (Wildman–Crippen LogP) is 3.65. The molecular formula is C18H26ClNO3. The number of ether oxygens (including phenoxy) is 2. The third-order valence-corrected chi connectivity index (χ3v) is 4.12. The highest BCUT2D eigenvalue weighted by Crippen LogP contribution is 2.37. The van der Waals surface area contributed by atoms with Crippen LogP contribution in [0.4, 0.5) is 0 Å². The lowest BCUT2D eigenvalue weighted by molar-refractivity contribution is 0.120. The van der Waals surface area contributed by atoms with E-state index < -0.39 is 6.10 Å². The van der Waals surface area contributed by atoms with Gasteiger partial charge in [-0.25, -0.2) is 0 Å². The van der Waals surface area contributed by atoms with Gasteiger partial charge < -0.3 is 19.5 Å². The SMILES string of the molecule is CCN(CC)CC(O)c1ccc(OC)c2cccc(OC)c12.Cl. The third kappa shape index (κ3) is 4.08. The second-order valence-corrected chi connectivity index (χ2v) is 5.24. The Bertz CT molecular complexity index is 629. The zero-order valence-electron chi connectivity index (χ0n) is 14.2. The van der Waals surface area contributed by atoms with E-state index in [1.54, 1.807) is 14.2 Å². The number of benzene rings is 2. The molecule has 0 aliphatic carbocycles. The lowest BCUT2D eigenvalue weighted by Crippen LogP contribution is -2.28. The second-order valence-electron chi connectivity index (χ2n) is 5.24. The summed E-state index contributed by atoms with van der Waals surface area (Å²) in [5, 5.41) is 12.6. The van der Waals surface area contributed by atoms with Gasteiger partial charge in [-0.15, -0.1) is 12.4 Å². The van der Waals surface area contributed by atoms with E-state index in [1.807, 2.05) is 30.3 Å². The summed E-state index contributed by atoms with van der Waals surface area (Å²) in [6, 6.07) is 9.67. The fourth-order valence-electron chi connectivity index (χ4n) is 2.82. The van der Waals surface area contributed by atoms with Crippen molar-refractivity contribution in [1.29, 1.82) is 0 Å². The van der Waals surface area contributed by atoms with Crippen LogP contribution in [0.5, 0.6) is 11.5 Å². The Balaban J connectivity index is 0.00000264.